The van der Waals surface area contributed by atoms with Crippen LogP contribution in [0.2, 0.25) is 19.6 Å². The number of rotatable bonds is 3. The van der Waals surface area contributed by atoms with Crippen LogP contribution in [0.3, 0.4) is 0 Å². The minimum atomic E-state index is -0.995. The molecule has 1 fully saturated rings. The van der Waals surface area contributed by atoms with Gasteiger partial charge >= 0.3 is 0 Å². The summed E-state index contributed by atoms with van der Waals surface area (Å²) in [4.78, 5) is 4.75. The van der Waals surface area contributed by atoms with Crippen LogP contribution in [0.15, 0.2) is 29.3 Å². The summed E-state index contributed by atoms with van der Waals surface area (Å²) in [6.45, 7) is 9.34. The molecule has 86 valence electrons. The van der Waals surface area contributed by atoms with E-state index in [0.29, 0.717) is 5.25 Å². The Balaban J connectivity index is 2.04. The number of aliphatic imine (C=N–C) groups is 1. The van der Waals surface area contributed by atoms with E-state index >= 15 is 0 Å². The van der Waals surface area contributed by atoms with Crippen molar-refractivity contribution in [3.8, 4) is 0 Å². The van der Waals surface area contributed by atoms with Gasteiger partial charge in [0.15, 0.2) is 0 Å². The Morgan fingerprint density at radius 3 is 2.56 bits per heavy atom. The zero-order valence-electron chi connectivity index (χ0n) is 10.4. The quantitative estimate of drug-likeness (QED) is 0.723. The molecule has 16 heavy (non-hydrogen) atoms. The molecule has 1 nitrogen and oxygen atoms in total. The molecule has 0 aliphatic heterocycles. The summed E-state index contributed by atoms with van der Waals surface area (Å²) in [5.41, 5.74) is 3.82. The molecule has 0 radical (unpaired) electrons. The predicted octanol–water partition coefficient (Wildman–Crippen LogP) is 4.41. The molecule has 1 unspecified atom stereocenters. The van der Waals surface area contributed by atoms with E-state index < -0.39 is 7.22 Å². The first-order chi connectivity index (χ1) is 7.46. The van der Waals surface area contributed by atoms with Crippen LogP contribution in [-0.4, -0.2) is 18.2 Å². The summed E-state index contributed by atoms with van der Waals surface area (Å²) in [5, 5.41) is 0.714. The molecule has 0 heterocycles. The zero-order valence-corrected chi connectivity index (χ0v) is 12.3. The van der Waals surface area contributed by atoms with Gasteiger partial charge in [-0.25, -0.2) is 0 Å². The van der Waals surface area contributed by atoms with Crippen molar-refractivity contribution >= 4 is 29.8 Å². The Hall–Kier alpha value is -0.543. The van der Waals surface area contributed by atoms with E-state index in [-0.39, 0.29) is 0 Å². The monoisotopic (exact) mass is 249 g/mol. The van der Waals surface area contributed by atoms with Crippen molar-refractivity contribution < 1.29 is 0 Å². The van der Waals surface area contributed by atoms with Crippen LogP contribution in [-0.2, 0) is 0 Å². The van der Waals surface area contributed by atoms with Crippen LogP contribution in [0.25, 0.3) is 0 Å². The van der Waals surface area contributed by atoms with Gasteiger partial charge in [0, 0.05) is 17.4 Å². The Bertz CT molecular complexity index is 420. The van der Waals surface area contributed by atoms with Gasteiger partial charge in [-0.15, -0.1) is 0 Å². The first-order valence-corrected chi connectivity index (χ1v) is 10.9. The maximum atomic E-state index is 4.75. The van der Waals surface area contributed by atoms with Crippen molar-refractivity contribution in [1.82, 2.24) is 0 Å². The van der Waals surface area contributed by atoms with Crippen LogP contribution in [0, 0.1) is 6.92 Å². The van der Waals surface area contributed by atoms with Gasteiger partial charge in [-0.05, 0) is 18.6 Å². The number of hydrogen-bond acceptors (Lipinski definition) is 2. The lowest BCUT2D eigenvalue weighted by atomic mass is 10.2. The molecule has 1 aliphatic rings. The van der Waals surface area contributed by atoms with Gasteiger partial charge in [0.05, 0.1) is 5.69 Å². The standard InChI is InChI=1S/C13H19NSSi/c1-10-7-5-6-8-11(10)14-12-9-13(12)15-16(2,3)4/h5-8,13H,9H2,1-4H3/b14-12-. The molecule has 1 aromatic rings. The predicted molar refractivity (Wildman–Crippen MR) is 77.6 cm³/mol. The molecule has 0 spiro atoms. The molecule has 0 N–H and O–H groups in total. The topological polar surface area (TPSA) is 12.4 Å². The van der Waals surface area contributed by atoms with Crippen LogP contribution >= 0.6 is 11.2 Å². The van der Waals surface area contributed by atoms with Crippen LogP contribution in [0.4, 0.5) is 5.69 Å². The van der Waals surface area contributed by atoms with Crippen LogP contribution in [0.5, 0.6) is 0 Å². The molecule has 1 atom stereocenters. The average Bonchev–Trinajstić information content (AvgIpc) is 2.85. The van der Waals surface area contributed by atoms with Gasteiger partial charge in [-0.3, -0.25) is 4.99 Å². The Kier molecular flexibility index (Phi) is 3.26. The summed E-state index contributed by atoms with van der Waals surface area (Å²) < 4.78 is 0. The maximum Gasteiger partial charge on any atom is 0.109 e. The summed E-state index contributed by atoms with van der Waals surface area (Å²) >= 11 is 2.16. The molecule has 1 saturated carbocycles. The van der Waals surface area contributed by atoms with E-state index in [1.54, 1.807) is 0 Å². The van der Waals surface area contributed by atoms with Crippen LogP contribution < -0.4 is 0 Å². The SMILES string of the molecule is Cc1ccccc1/N=C1/CC1S[Si](C)(C)C. The van der Waals surface area contributed by atoms with Gasteiger partial charge < -0.3 is 0 Å². The fourth-order valence-corrected chi connectivity index (χ4v) is 6.14. The maximum absolute atomic E-state index is 4.75. The lowest BCUT2D eigenvalue weighted by molar-refractivity contribution is 1.40. The van der Waals surface area contributed by atoms with Crippen molar-refractivity contribution in [1.29, 1.82) is 0 Å². The zero-order chi connectivity index (χ0) is 11.8. The van der Waals surface area contributed by atoms with Gasteiger partial charge in [0.1, 0.15) is 7.22 Å². The number of nitrogens with zero attached hydrogens (tertiary/aromatic N) is 1. The molecule has 2 rings (SSSR count). The normalized spacial score (nSPS) is 22.5. The van der Waals surface area contributed by atoms with Crippen molar-refractivity contribution in [2.45, 2.75) is 38.2 Å². The fourth-order valence-electron chi connectivity index (χ4n) is 1.63. The highest BCUT2D eigenvalue weighted by atomic mass is 32.4. The van der Waals surface area contributed by atoms with Crippen molar-refractivity contribution in [2.75, 3.05) is 0 Å². The summed E-state index contributed by atoms with van der Waals surface area (Å²) in [6.07, 6.45) is 1.20. The number of hydrogen-bond donors (Lipinski definition) is 0. The second-order valence-corrected chi connectivity index (χ2v) is 14.7. The van der Waals surface area contributed by atoms with Gasteiger partial charge in [0.2, 0.25) is 0 Å². The first-order valence-electron chi connectivity index (χ1n) is 5.76. The average molecular weight is 249 g/mol. The van der Waals surface area contributed by atoms with Gasteiger partial charge in [0.25, 0.3) is 0 Å². The van der Waals surface area contributed by atoms with E-state index in [9.17, 15) is 0 Å². The first kappa shape index (κ1) is 11.9. The third kappa shape index (κ3) is 3.22. The lowest BCUT2D eigenvalue weighted by Gasteiger charge is -2.13. The molecular formula is C13H19NSSi. The summed E-state index contributed by atoms with van der Waals surface area (Å²) in [6, 6.07) is 8.37. The third-order valence-corrected chi connectivity index (χ3v) is 6.89. The van der Waals surface area contributed by atoms with Crippen molar-refractivity contribution in [3.05, 3.63) is 29.8 Å². The van der Waals surface area contributed by atoms with E-state index in [1.807, 2.05) is 0 Å². The highest BCUT2D eigenvalue weighted by Crippen LogP contribution is 2.39. The fraction of sp³-hybridized carbons (Fsp3) is 0.462. The molecule has 0 bridgehead atoms. The second kappa shape index (κ2) is 4.38. The highest BCUT2D eigenvalue weighted by Gasteiger charge is 2.36. The summed E-state index contributed by atoms with van der Waals surface area (Å²) in [7, 11) is -0.995. The third-order valence-electron chi connectivity index (χ3n) is 2.48. The Morgan fingerprint density at radius 2 is 1.94 bits per heavy atom. The van der Waals surface area contributed by atoms with E-state index in [2.05, 4.69) is 62.0 Å². The second-order valence-electron chi connectivity index (χ2n) is 5.31. The Labute approximate surface area is 103 Å². The molecule has 1 aliphatic carbocycles. The van der Waals surface area contributed by atoms with Gasteiger partial charge in [-0.2, -0.15) is 11.2 Å². The molecule has 0 aromatic heterocycles. The smallest absolute Gasteiger partial charge is 0.109 e. The summed E-state index contributed by atoms with van der Waals surface area (Å²) in [5.74, 6) is 0. The minimum Gasteiger partial charge on any atom is -0.256 e. The number of aryl methyl sites for hydroxylation is 1. The van der Waals surface area contributed by atoms with E-state index in [4.69, 9.17) is 4.99 Å². The highest BCUT2D eigenvalue weighted by molar-refractivity contribution is 8.29. The number of benzene rings is 1. The molecule has 0 saturated heterocycles. The van der Waals surface area contributed by atoms with E-state index in [1.165, 1.54) is 17.7 Å². The molecule has 0 amide bonds. The Morgan fingerprint density at radius 1 is 1.25 bits per heavy atom. The molecular weight excluding hydrogens is 230 g/mol. The molecule has 3 heteroatoms. The van der Waals surface area contributed by atoms with Crippen molar-refractivity contribution in [3.63, 3.8) is 0 Å². The minimum absolute atomic E-state index is 0.714. The largest absolute Gasteiger partial charge is 0.256 e. The molecule has 1 aromatic carbocycles. The lowest BCUT2D eigenvalue weighted by Crippen LogP contribution is -2.15. The number of para-hydroxylation sites is 1. The van der Waals surface area contributed by atoms with Gasteiger partial charge in [-0.1, -0.05) is 37.8 Å². The van der Waals surface area contributed by atoms with Crippen molar-refractivity contribution in [2.24, 2.45) is 4.99 Å². The van der Waals surface area contributed by atoms with E-state index in [0.717, 1.165) is 5.69 Å². The van der Waals surface area contributed by atoms with Crippen LogP contribution in [0.1, 0.15) is 12.0 Å².